The van der Waals surface area contributed by atoms with Crippen molar-refractivity contribution in [2.24, 2.45) is 5.92 Å². The second kappa shape index (κ2) is 15.8. The Morgan fingerprint density at radius 2 is 1.61 bits per heavy atom. The molecule has 0 amide bonds. The first kappa shape index (κ1) is 30.0. The normalized spacial score (nSPS) is 14.4. The molecule has 2 unspecified atom stereocenters. The van der Waals surface area contributed by atoms with Crippen LogP contribution < -0.4 is 0 Å². The predicted molar refractivity (Wildman–Crippen MR) is 150 cm³/mol. The van der Waals surface area contributed by atoms with Crippen molar-refractivity contribution in [1.29, 1.82) is 0 Å². The van der Waals surface area contributed by atoms with Crippen LogP contribution in [0.15, 0.2) is 66.8 Å². The lowest BCUT2D eigenvalue weighted by Crippen LogP contribution is -2.22. The van der Waals surface area contributed by atoms with Crippen LogP contribution in [0.2, 0.25) is 0 Å². The number of aliphatic hydroxyl groups is 4. The summed E-state index contributed by atoms with van der Waals surface area (Å²) in [5.41, 5.74) is 5.05. The smallest absolute Gasteiger partial charge is 0.0840 e. The molecule has 2 rings (SSSR count). The summed E-state index contributed by atoms with van der Waals surface area (Å²) in [6.45, 7) is 6.24. The van der Waals surface area contributed by atoms with Crippen molar-refractivity contribution >= 4 is 5.57 Å². The van der Waals surface area contributed by atoms with Crippen molar-refractivity contribution in [2.45, 2.75) is 83.8 Å². The van der Waals surface area contributed by atoms with E-state index in [0.29, 0.717) is 25.7 Å². The summed E-state index contributed by atoms with van der Waals surface area (Å²) in [5, 5.41) is 39.8. The highest BCUT2D eigenvalue weighted by Gasteiger charge is 2.20. The topological polar surface area (TPSA) is 80.9 Å². The second-order valence-electron chi connectivity index (χ2n) is 9.76. The Balaban J connectivity index is 2.02. The third-order valence-electron chi connectivity index (χ3n) is 7.29. The van der Waals surface area contributed by atoms with Crippen molar-refractivity contribution < 1.29 is 20.4 Å². The predicted octanol–water partition coefficient (Wildman–Crippen LogP) is 6.18. The van der Waals surface area contributed by atoms with E-state index < -0.39 is 11.7 Å². The number of allylic oxidation sites excluding steroid dienone is 3. The molecule has 0 aromatic heterocycles. The summed E-state index contributed by atoms with van der Waals surface area (Å²) in [6.07, 6.45) is 11.7. The highest BCUT2D eigenvalue weighted by atomic mass is 16.3. The first-order chi connectivity index (χ1) is 17.4. The molecule has 0 saturated carbocycles. The van der Waals surface area contributed by atoms with Crippen LogP contribution in [0.25, 0.3) is 5.57 Å². The van der Waals surface area contributed by atoms with Crippen LogP contribution in [0.5, 0.6) is 0 Å². The van der Waals surface area contributed by atoms with E-state index in [1.54, 1.807) is 0 Å². The molecule has 0 heterocycles. The average molecular weight is 495 g/mol. The summed E-state index contributed by atoms with van der Waals surface area (Å²) in [6, 6.07) is 16.7. The SMILES string of the molecule is CC/C(=C\C=C\C(O)(CC)CC)c1cccc(CCc2ccc(C(O)C(CO)CCCCO)cc2)c1. The Bertz CT molecular complexity index is 941. The number of unbranched alkanes of at least 4 members (excludes halogenated alkanes) is 1. The standard InChI is InChI=1S/C32H46O4/c1-4-27(14-10-21-32(36,5-2)6-3)29-13-9-11-26(23-29)16-15-25-17-19-28(20-18-25)31(35)30(24-34)12-7-8-22-33/h9-11,13-14,17-21,23,30-31,33-36H,4-8,12,15-16,22,24H2,1-3H3/b21-10+,27-14+. The number of hydrogen-bond donors (Lipinski definition) is 4. The molecule has 4 nitrogen and oxygen atoms in total. The third kappa shape index (κ3) is 9.33. The molecule has 0 fully saturated rings. The molecule has 198 valence electrons. The van der Waals surface area contributed by atoms with Crippen LogP contribution in [0, 0.1) is 5.92 Å². The summed E-state index contributed by atoms with van der Waals surface area (Å²) in [7, 11) is 0. The number of hydrogen-bond acceptors (Lipinski definition) is 4. The molecule has 4 N–H and O–H groups in total. The van der Waals surface area contributed by atoms with Gasteiger partial charge in [0.25, 0.3) is 0 Å². The fraction of sp³-hybridized carbons (Fsp3) is 0.500. The minimum absolute atomic E-state index is 0.0627. The van der Waals surface area contributed by atoms with Gasteiger partial charge in [0.15, 0.2) is 0 Å². The summed E-state index contributed by atoms with van der Waals surface area (Å²) < 4.78 is 0. The van der Waals surface area contributed by atoms with Gasteiger partial charge in [-0.3, -0.25) is 0 Å². The van der Waals surface area contributed by atoms with Gasteiger partial charge in [-0.1, -0.05) is 94.0 Å². The summed E-state index contributed by atoms with van der Waals surface area (Å²) >= 11 is 0. The number of aryl methyl sites for hydroxylation is 2. The van der Waals surface area contributed by atoms with E-state index in [9.17, 15) is 15.3 Å². The van der Waals surface area contributed by atoms with Crippen LogP contribution in [-0.4, -0.2) is 39.2 Å². The average Bonchev–Trinajstić information content (AvgIpc) is 2.92. The first-order valence-corrected chi connectivity index (χ1v) is 13.6. The lowest BCUT2D eigenvalue weighted by molar-refractivity contribution is 0.0595. The van der Waals surface area contributed by atoms with E-state index in [1.807, 2.05) is 38.1 Å². The van der Waals surface area contributed by atoms with Gasteiger partial charge in [-0.05, 0) is 72.8 Å². The molecule has 2 atom stereocenters. The lowest BCUT2D eigenvalue weighted by Gasteiger charge is -2.21. The van der Waals surface area contributed by atoms with Crippen LogP contribution >= 0.6 is 0 Å². The highest BCUT2D eigenvalue weighted by molar-refractivity contribution is 5.67. The van der Waals surface area contributed by atoms with Crippen LogP contribution in [0.4, 0.5) is 0 Å². The second-order valence-corrected chi connectivity index (χ2v) is 9.76. The third-order valence-corrected chi connectivity index (χ3v) is 7.29. The van der Waals surface area contributed by atoms with E-state index in [2.05, 4.69) is 49.4 Å². The zero-order valence-corrected chi connectivity index (χ0v) is 22.4. The zero-order chi connectivity index (χ0) is 26.4. The van der Waals surface area contributed by atoms with Gasteiger partial charge < -0.3 is 20.4 Å². The summed E-state index contributed by atoms with van der Waals surface area (Å²) in [4.78, 5) is 0. The molecule has 0 spiro atoms. The minimum atomic E-state index is -0.734. The fourth-order valence-corrected chi connectivity index (χ4v) is 4.48. The van der Waals surface area contributed by atoms with Crippen molar-refractivity contribution in [1.82, 2.24) is 0 Å². The maximum absolute atomic E-state index is 10.7. The monoisotopic (exact) mass is 494 g/mol. The molecular weight excluding hydrogens is 448 g/mol. The molecule has 0 saturated heterocycles. The van der Waals surface area contributed by atoms with Crippen molar-refractivity contribution in [3.8, 4) is 0 Å². The van der Waals surface area contributed by atoms with E-state index in [0.717, 1.165) is 31.2 Å². The maximum Gasteiger partial charge on any atom is 0.0840 e. The van der Waals surface area contributed by atoms with Crippen molar-refractivity contribution in [3.05, 3.63) is 89.0 Å². The van der Waals surface area contributed by atoms with Gasteiger partial charge in [-0.15, -0.1) is 0 Å². The highest BCUT2D eigenvalue weighted by Crippen LogP contribution is 2.27. The quantitative estimate of drug-likeness (QED) is 0.166. The molecule has 0 bridgehead atoms. The van der Waals surface area contributed by atoms with Crippen LogP contribution in [0.3, 0.4) is 0 Å². The molecular formula is C32H46O4. The fourth-order valence-electron chi connectivity index (χ4n) is 4.48. The minimum Gasteiger partial charge on any atom is -0.396 e. The molecule has 4 heteroatoms. The van der Waals surface area contributed by atoms with Crippen molar-refractivity contribution in [2.75, 3.05) is 13.2 Å². The Morgan fingerprint density at radius 1 is 0.917 bits per heavy atom. The first-order valence-electron chi connectivity index (χ1n) is 13.6. The Morgan fingerprint density at radius 3 is 2.22 bits per heavy atom. The molecule has 2 aromatic rings. The van der Waals surface area contributed by atoms with Gasteiger partial charge in [-0.25, -0.2) is 0 Å². The largest absolute Gasteiger partial charge is 0.396 e. The van der Waals surface area contributed by atoms with Gasteiger partial charge in [-0.2, -0.15) is 0 Å². The van der Waals surface area contributed by atoms with Gasteiger partial charge >= 0.3 is 0 Å². The maximum atomic E-state index is 10.7. The number of aliphatic hydroxyl groups excluding tert-OH is 3. The van der Waals surface area contributed by atoms with Gasteiger partial charge in [0.05, 0.1) is 11.7 Å². The zero-order valence-electron chi connectivity index (χ0n) is 22.4. The number of rotatable bonds is 16. The molecule has 0 aliphatic rings. The lowest BCUT2D eigenvalue weighted by atomic mass is 9.91. The Labute approximate surface area is 218 Å². The van der Waals surface area contributed by atoms with Crippen LogP contribution in [0.1, 0.15) is 87.7 Å². The van der Waals surface area contributed by atoms with Gasteiger partial charge in [0.2, 0.25) is 0 Å². The van der Waals surface area contributed by atoms with E-state index in [4.69, 9.17) is 5.11 Å². The van der Waals surface area contributed by atoms with Gasteiger partial charge in [0.1, 0.15) is 0 Å². The van der Waals surface area contributed by atoms with E-state index >= 15 is 0 Å². The van der Waals surface area contributed by atoms with Crippen LogP contribution in [-0.2, 0) is 12.8 Å². The number of benzene rings is 2. The molecule has 2 aromatic carbocycles. The molecule has 0 radical (unpaired) electrons. The van der Waals surface area contributed by atoms with E-state index in [-0.39, 0.29) is 19.1 Å². The Hall–Kier alpha value is -2.24. The molecule has 0 aliphatic carbocycles. The molecule has 36 heavy (non-hydrogen) atoms. The van der Waals surface area contributed by atoms with Crippen molar-refractivity contribution in [3.63, 3.8) is 0 Å². The summed E-state index contributed by atoms with van der Waals surface area (Å²) in [5.74, 6) is -0.210. The Kier molecular flexibility index (Phi) is 13.1. The van der Waals surface area contributed by atoms with E-state index in [1.165, 1.54) is 22.3 Å². The van der Waals surface area contributed by atoms with Gasteiger partial charge in [0, 0.05) is 19.1 Å². The molecule has 0 aliphatic heterocycles.